The second-order valence-corrected chi connectivity index (χ2v) is 5.61. The molecule has 138 valence electrons. The molecule has 27 heavy (non-hydrogen) atoms. The van der Waals surface area contributed by atoms with Crippen molar-refractivity contribution in [3.63, 3.8) is 0 Å². The van der Waals surface area contributed by atoms with Gasteiger partial charge in [-0.3, -0.25) is 9.59 Å². The third-order valence-electron chi connectivity index (χ3n) is 3.95. The monoisotopic (exact) mass is 369 g/mol. The molecule has 0 aliphatic heterocycles. The van der Waals surface area contributed by atoms with Crippen LogP contribution in [0, 0.1) is 0 Å². The minimum Gasteiger partial charge on any atom is -0.497 e. The average molecular weight is 369 g/mol. The molecule has 1 aromatic heterocycles. The molecule has 0 saturated carbocycles. The number of hydrogen-bond acceptors (Lipinski definition) is 6. The Morgan fingerprint density at radius 3 is 2.63 bits per heavy atom. The van der Waals surface area contributed by atoms with E-state index in [1.165, 1.54) is 13.2 Å². The molecule has 0 saturated heterocycles. The Labute approximate surface area is 152 Å². The summed E-state index contributed by atoms with van der Waals surface area (Å²) in [5.74, 6) is -2.24. The van der Waals surface area contributed by atoms with Crippen LogP contribution in [-0.2, 0) is 4.79 Å². The lowest BCUT2D eigenvalue weighted by molar-refractivity contribution is -0.135. The van der Waals surface area contributed by atoms with Crippen molar-refractivity contribution in [2.75, 3.05) is 13.7 Å². The molecule has 3 aromatic rings. The maximum atomic E-state index is 12.5. The molecule has 0 radical (unpaired) electrons. The van der Waals surface area contributed by atoms with Crippen molar-refractivity contribution < 1.29 is 29.0 Å². The predicted octanol–water partition coefficient (Wildman–Crippen LogP) is 1.99. The Morgan fingerprint density at radius 2 is 1.93 bits per heavy atom. The smallest absolute Gasteiger partial charge is 0.352 e. The van der Waals surface area contributed by atoms with Crippen LogP contribution in [0.4, 0.5) is 0 Å². The Hall–Kier alpha value is -3.81. The van der Waals surface area contributed by atoms with Gasteiger partial charge in [0.15, 0.2) is 0 Å². The minimum absolute atomic E-state index is 0.149. The first kappa shape index (κ1) is 18.0. The summed E-state index contributed by atoms with van der Waals surface area (Å²) in [5, 5.41) is 21.2. The van der Waals surface area contributed by atoms with E-state index in [4.69, 9.17) is 14.3 Å². The summed E-state index contributed by atoms with van der Waals surface area (Å²) >= 11 is 0. The molecular weight excluding hydrogens is 354 g/mol. The van der Waals surface area contributed by atoms with Crippen LogP contribution in [0.2, 0.25) is 0 Å². The van der Waals surface area contributed by atoms with Crippen molar-refractivity contribution in [1.82, 2.24) is 5.32 Å². The lowest BCUT2D eigenvalue weighted by Gasteiger charge is -2.12. The molecule has 8 heteroatoms. The number of carbonyl (C=O) groups is 2. The fourth-order valence-electron chi connectivity index (χ4n) is 2.78. The van der Waals surface area contributed by atoms with Crippen molar-refractivity contribution in [3.05, 3.63) is 58.4 Å². The van der Waals surface area contributed by atoms with Crippen molar-refractivity contribution in [2.45, 2.75) is 0 Å². The van der Waals surface area contributed by atoms with Crippen LogP contribution in [-0.4, -0.2) is 35.7 Å². The zero-order chi connectivity index (χ0) is 19.6. The number of carbonyl (C=O) groups excluding carboxylic acids is 1. The van der Waals surface area contributed by atoms with Gasteiger partial charge in [0.1, 0.15) is 17.9 Å². The van der Waals surface area contributed by atoms with Crippen LogP contribution in [0.15, 0.2) is 51.7 Å². The lowest BCUT2D eigenvalue weighted by Crippen LogP contribution is -2.32. The van der Waals surface area contributed by atoms with Gasteiger partial charge in [0.2, 0.25) is 0 Å². The summed E-state index contributed by atoms with van der Waals surface area (Å²) in [6, 6.07) is 11.7. The highest BCUT2D eigenvalue weighted by atomic mass is 16.5. The number of amides is 1. The van der Waals surface area contributed by atoms with Gasteiger partial charge >= 0.3 is 11.6 Å². The van der Waals surface area contributed by atoms with Crippen LogP contribution in [0.3, 0.4) is 0 Å². The molecule has 0 aliphatic carbocycles. The van der Waals surface area contributed by atoms with Gasteiger partial charge in [-0.1, -0.05) is 24.3 Å². The van der Waals surface area contributed by atoms with Gasteiger partial charge in [-0.25, -0.2) is 4.79 Å². The molecule has 3 N–H and O–H groups in total. The lowest BCUT2D eigenvalue weighted by atomic mass is 9.95. The number of nitrogens with one attached hydrogen (secondary N) is 1. The molecule has 1 heterocycles. The number of benzene rings is 2. The molecule has 2 aromatic carbocycles. The van der Waals surface area contributed by atoms with E-state index in [-0.39, 0.29) is 16.3 Å². The van der Waals surface area contributed by atoms with E-state index < -0.39 is 30.0 Å². The number of carboxylic acids is 1. The van der Waals surface area contributed by atoms with Gasteiger partial charge in [0.05, 0.1) is 12.5 Å². The van der Waals surface area contributed by atoms with E-state index in [2.05, 4.69) is 5.32 Å². The molecule has 0 aliphatic rings. The second kappa shape index (κ2) is 7.20. The third-order valence-corrected chi connectivity index (χ3v) is 3.95. The van der Waals surface area contributed by atoms with Crippen molar-refractivity contribution >= 4 is 22.6 Å². The Kier molecular flexibility index (Phi) is 4.80. The van der Waals surface area contributed by atoms with Gasteiger partial charge in [0, 0.05) is 5.39 Å². The first-order valence-corrected chi connectivity index (χ1v) is 7.85. The number of carboxylic acid groups (broad SMARTS) is 1. The van der Waals surface area contributed by atoms with E-state index in [0.717, 1.165) is 0 Å². The standard InChI is InChI=1S/C19H15NO7/c1-26-11-5-2-4-10(8-11)12-6-3-7-13-15(12)16(19(25)27-18(13)24)17(23)20-9-14(21)22/h2-8,24H,9H2,1H3,(H,20,23)(H,21,22). The van der Waals surface area contributed by atoms with Gasteiger partial charge in [-0.15, -0.1) is 0 Å². The Balaban J connectivity index is 2.30. The SMILES string of the molecule is COc1cccc(-c2cccc3c(O)oc(=O)c(C(=O)NCC(=O)O)c23)c1. The highest BCUT2D eigenvalue weighted by Gasteiger charge is 2.23. The van der Waals surface area contributed by atoms with Crippen LogP contribution >= 0.6 is 0 Å². The van der Waals surface area contributed by atoms with Crippen LogP contribution in [0.5, 0.6) is 11.7 Å². The van der Waals surface area contributed by atoms with Crippen molar-refractivity contribution in [1.29, 1.82) is 0 Å². The van der Waals surface area contributed by atoms with Crippen molar-refractivity contribution in [3.8, 4) is 22.8 Å². The Morgan fingerprint density at radius 1 is 1.19 bits per heavy atom. The Bertz CT molecular complexity index is 1100. The van der Waals surface area contributed by atoms with E-state index in [0.29, 0.717) is 16.9 Å². The van der Waals surface area contributed by atoms with Gasteiger partial charge in [-0.05, 0) is 29.3 Å². The molecule has 0 unspecified atom stereocenters. The first-order valence-electron chi connectivity index (χ1n) is 7.85. The summed E-state index contributed by atoms with van der Waals surface area (Å²) < 4.78 is 9.96. The van der Waals surface area contributed by atoms with E-state index in [9.17, 15) is 19.5 Å². The maximum Gasteiger partial charge on any atom is 0.352 e. The maximum absolute atomic E-state index is 12.5. The second-order valence-electron chi connectivity index (χ2n) is 5.61. The summed E-state index contributed by atoms with van der Waals surface area (Å²) in [7, 11) is 1.51. The molecule has 3 rings (SSSR count). The van der Waals surface area contributed by atoms with Gasteiger partial charge in [-0.2, -0.15) is 0 Å². The number of hydrogen-bond donors (Lipinski definition) is 3. The van der Waals surface area contributed by atoms with Crippen LogP contribution in [0.1, 0.15) is 10.4 Å². The predicted molar refractivity (Wildman–Crippen MR) is 96.1 cm³/mol. The topological polar surface area (TPSA) is 126 Å². The van der Waals surface area contributed by atoms with E-state index >= 15 is 0 Å². The molecule has 0 spiro atoms. The molecule has 8 nitrogen and oxygen atoms in total. The average Bonchev–Trinajstić information content (AvgIpc) is 2.66. The summed E-state index contributed by atoms with van der Waals surface area (Å²) in [4.78, 5) is 35.5. The number of fused-ring (bicyclic) bond motifs is 1. The highest BCUT2D eigenvalue weighted by Crippen LogP contribution is 2.35. The van der Waals surface area contributed by atoms with Crippen molar-refractivity contribution in [2.24, 2.45) is 0 Å². The molecule has 1 amide bonds. The summed E-state index contributed by atoms with van der Waals surface area (Å²) in [6.07, 6.45) is 0. The number of methoxy groups -OCH3 is 1. The fraction of sp³-hybridized carbons (Fsp3) is 0.105. The highest BCUT2D eigenvalue weighted by molar-refractivity contribution is 6.13. The number of aromatic hydroxyl groups is 1. The quantitative estimate of drug-likeness (QED) is 0.628. The van der Waals surface area contributed by atoms with Crippen LogP contribution in [0.25, 0.3) is 21.9 Å². The fourth-order valence-corrected chi connectivity index (χ4v) is 2.78. The molecule has 0 bridgehead atoms. The molecule has 0 atom stereocenters. The zero-order valence-corrected chi connectivity index (χ0v) is 14.2. The molecule has 0 fully saturated rings. The number of rotatable bonds is 5. The van der Waals surface area contributed by atoms with Gasteiger partial charge < -0.3 is 24.7 Å². The molecular formula is C19H15NO7. The third kappa shape index (κ3) is 3.45. The zero-order valence-electron chi connectivity index (χ0n) is 14.2. The summed E-state index contributed by atoms with van der Waals surface area (Å²) in [5.41, 5.74) is -0.340. The van der Waals surface area contributed by atoms with Gasteiger partial charge in [0.25, 0.3) is 11.9 Å². The van der Waals surface area contributed by atoms with E-state index in [1.54, 1.807) is 36.4 Å². The first-order chi connectivity index (χ1) is 12.9. The summed E-state index contributed by atoms with van der Waals surface area (Å²) in [6.45, 7) is -0.665. The van der Waals surface area contributed by atoms with Crippen LogP contribution < -0.4 is 15.7 Å². The largest absolute Gasteiger partial charge is 0.497 e. The number of aliphatic carboxylic acids is 1. The normalized spacial score (nSPS) is 10.6. The van der Waals surface area contributed by atoms with E-state index in [1.807, 2.05) is 0 Å². The minimum atomic E-state index is -1.26. The number of ether oxygens (including phenoxy) is 1.